The van der Waals surface area contributed by atoms with E-state index < -0.39 is 0 Å². The Bertz CT molecular complexity index is 144. The monoisotopic (exact) mass is 211 g/mol. The Morgan fingerprint density at radius 2 is 1.80 bits per heavy atom. The molecule has 0 saturated carbocycles. The van der Waals surface area contributed by atoms with Crippen LogP contribution < -0.4 is 0 Å². The second kappa shape index (κ2) is 8.15. The molecule has 0 N–H and O–H groups in total. The Morgan fingerprint density at radius 1 is 1.00 bits per heavy atom. The van der Waals surface area contributed by atoms with Gasteiger partial charge in [-0.2, -0.15) is 0 Å². The van der Waals surface area contributed by atoms with Crippen molar-refractivity contribution in [3.63, 3.8) is 0 Å². The van der Waals surface area contributed by atoms with Crippen LogP contribution in [-0.4, -0.2) is 24.0 Å². The highest BCUT2D eigenvalue weighted by Crippen LogP contribution is 2.20. The van der Waals surface area contributed by atoms with Crippen molar-refractivity contribution in [3.8, 4) is 0 Å². The van der Waals surface area contributed by atoms with Crippen LogP contribution in [0.5, 0.6) is 0 Å². The maximum absolute atomic E-state index is 2.75. The third-order valence-corrected chi connectivity index (χ3v) is 3.77. The number of hydrogen-bond acceptors (Lipinski definition) is 1. The number of rotatable bonds is 7. The van der Waals surface area contributed by atoms with Gasteiger partial charge in [-0.1, -0.05) is 46.0 Å². The highest BCUT2D eigenvalue weighted by atomic mass is 15.2. The van der Waals surface area contributed by atoms with Crippen LogP contribution in [0, 0.1) is 0 Å². The molecule has 1 nitrogen and oxygen atoms in total. The van der Waals surface area contributed by atoms with Gasteiger partial charge in [0.25, 0.3) is 0 Å². The van der Waals surface area contributed by atoms with Crippen molar-refractivity contribution in [2.75, 3.05) is 13.1 Å². The quantitative estimate of drug-likeness (QED) is 0.570. The van der Waals surface area contributed by atoms with E-state index in [-0.39, 0.29) is 0 Å². The summed E-state index contributed by atoms with van der Waals surface area (Å²) in [5, 5.41) is 0. The van der Waals surface area contributed by atoms with Crippen molar-refractivity contribution in [2.24, 2.45) is 0 Å². The van der Waals surface area contributed by atoms with Crippen LogP contribution in [0.15, 0.2) is 0 Å². The lowest BCUT2D eigenvalue weighted by molar-refractivity contribution is 0.141. The molecule has 1 aliphatic rings. The molecule has 0 radical (unpaired) electrons. The molecule has 0 aromatic heterocycles. The van der Waals surface area contributed by atoms with Crippen molar-refractivity contribution in [1.29, 1.82) is 0 Å². The smallest absolute Gasteiger partial charge is 0.00926 e. The first kappa shape index (κ1) is 13.0. The molecule has 1 fully saturated rings. The molecule has 0 aromatic rings. The first-order chi connectivity index (χ1) is 7.38. The van der Waals surface area contributed by atoms with Crippen LogP contribution in [0.3, 0.4) is 0 Å². The first-order valence-corrected chi connectivity index (χ1v) is 7.12. The Labute approximate surface area is 96.2 Å². The average molecular weight is 211 g/mol. The largest absolute Gasteiger partial charge is 0.300 e. The first-order valence-electron chi connectivity index (χ1n) is 7.12. The summed E-state index contributed by atoms with van der Waals surface area (Å²) in [5.41, 5.74) is 0. The lowest BCUT2D eigenvalue weighted by Gasteiger charge is -2.35. The summed E-state index contributed by atoms with van der Waals surface area (Å²) in [5.74, 6) is 0. The molecule has 15 heavy (non-hydrogen) atoms. The SMILES string of the molecule is CCCCCCCN1CCCCC1CC. The maximum Gasteiger partial charge on any atom is 0.00926 e. The zero-order chi connectivity index (χ0) is 10.9. The number of hydrogen-bond donors (Lipinski definition) is 0. The molecule has 1 aliphatic heterocycles. The van der Waals surface area contributed by atoms with Gasteiger partial charge in [0.05, 0.1) is 0 Å². The Kier molecular flexibility index (Phi) is 7.08. The predicted molar refractivity (Wildman–Crippen MR) is 68.3 cm³/mol. The van der Waals surface area contributed by atoms with Gasteiger partial charge < -0.3 is 4.90 Å². The van der Waals surface area contributed by atoms with Gasteiger partial charge in [-0.25, -0.2) is 0 Å². The van der Waals surface area contributed by atoms with E-state index in [0.717, 1.165) is 6.04 Å². The fourth-order valence-electron chi connectivity index (χ4n) is 2.74. The molecule has 0 aliphatic carbocycles. The van der Waals surface area contributed by atoms with E-state index in [9.17, 15) is 0 Å². The van der Waals surface area contributed by atoms with Crippen molar-refractivity contribution < 1.29 is 0 Å². The highest BCUT2D eigenvalue weighted by molar-refractivity contribution is 4.75. The maximum atomic E-state index is 2.75. The van der Waals surface area contributed by atoms with Crippen LogP contribution >= 0.6 is 0 Å². The zero-order valence-corrected chi connectivity index (χ0v) is 10.8. The van der Waals surface area contributed by atoms with E-state index in [2.05, 4.69) is 18.7 Å². The molecule has 0 spiro atoms. The molecule has 0 amide bonds. The molecule has 1 heterocycles. The molecule has 1 rings (SSSR count). The molecule has 1 atom stereocenters. The van der Waals surface area contributed by atoms with E-state index in [4.69, 9.17) is 0 Å². The second-order valence-electron chi connectivity index (χ2n) is 5.01. The van der Waals surface area contributed by atoms with Gasteiger partial charge >= 0.3 is 0 Å². The summed E-state index contributed by atoms with van der Waals surface area (Å²) in [4.78, 5) is 2.75. The second-order valence-corrected chi connectivity index (χ2v) is 5.01. The van der Waals surface area contributed by atoms with Crippen molar-refractivity contribution >= 4 is 0 Å². The summed E-state index contributed by atoms with van der Waals surface area (Å²) in [7, 11) is 0. The normalized spacial score (nSPS) is 23.2. The lowest BCUT2D eigenvalue weighted by atomic mass is 9.99. The van der Waals surface area contributed by atoms with Crippen molar-refractivity contribution in [3.05, 3.63) is 0 Å². The Balaban J connectivity index is 2.07. The third kappa shape index (κ3) is 5.01. The minimum Gasteiger partial charge on any atom is -0.300 e. The standard InChI is InChI=1S/C14H29N/c1-3-5-6-7-9-12-15-13-10-8-11-14(15)4-2/h14H,3-13H2,1-2H3. The number of likely N-dealkylation sites (tertiary alicyclic amines) is 1. The van der Waals surface area contributed by atoms with E-state index in [1.54, 1.807) is 0 Å². The van der Waals surface area contributed by atoms with E-state index in [1.807, 2.05) is 0 Å². The molecule has 0 aromatic carbocycles. The summed E-state index contributed by atoms with van der Waals surface area (Å²) in [6.07, 6.45) is 12.8. The fraction of sp³-hybridized carbons (Fsp3) is 1.00. The Hall–Kier alpha value is -0.0400. The Morgan fingerprint density at radius 3 is 2.53 bits per heavy atom. The number of nitrogens with zero attached hydrogens (tertiary/aromatic N) is 1. The van der Waals surface area contributed by atoms with E-state index in [0.29, 0.717) is 0 Å². The third-order valence-electron chi connectivity index (χ3n) is 3.77. The molecular weight excluding hydrogens is 182 g/mol. The molecular formula is C14H29N. The van der Waals surface area contributed by atoms with Crippen LogP contribution in [-0.2, 0) is 0 Å². The molecule has 0 bridgehead atoms. The van der Waals surface area contributed by atoms with Gasteiger partial charge in [0.15, 0.2) is 0 Å². The van der Waals surface area contributed by atoms with Gasteiger partial charge in [0.1, 0.15) is 0 Å². The van der Waals surface area contributed by atoms with Gasteiger partial charge in [0, 0.05) is 6.04 Å². The van der Waals surface area contributed by atoms with Crippen LogP contribution in [0.4, 0.5) is 0 Å². The minimum atomic E-state index is 0.907. The summed E-state index contributed by atoms with van der Waals surface area (Å²) < 4.78 is 0. The van der Waals surface area contributed by atoms with Gasteiger partial charge in [-0.3, -0.25) is 0 Å². The summed E-state index contributed by atoms with van der Waals surface area (Å²) >= 11 is 0. The molecule has 90 valence electrons. The number of piperidine rings is 1. The van der Waals surface area contributed by atoms with Crippen molar-refractivity contribution in [2.45, 2.75) is 77.7 Å². The predicted octanol–water partition coefficient (Wildman–Crippen LogP) is 4.22. The van der Waals surface area contributed by atoms with Gasteiger partial charge in [0.2, 0.25) is 0 Å². The average Bonchev–Trinajstić information content (AvgIpc) is 2.29. The molecule has 1 heteroatoms. The van der Waals surface area contributed by atoms with Crippen LogP contribution in [0.1, 0.15) is 71.6 Å². The zero-order valence-electron chi connectivity index (χ0n) is 10.8. The molecule has 1 saturated heterocycles. The van der Waals surface area contributed by atoms with Crippen LogP contribution in [0.25, 0.3) is 0 Å². The molecule has 1 unspecified atom stereocenters. The minimum absolute atomic E-state index is 0.907. The summed E-state index contributed by atoms with van der Waals surface area (Å²) in [6, 6.07) is 0.907. The highest BCUT2D eigenvalue weighted by Gasteiger charge is 2.19. The van der Waals surface area contributed by atoms with Crippen LogP contribution in [0.2, 0.25) is 0 Å². The van der Waals surface area contributed by atoms with Crippen molar-refractivity contribution in [1.82, 2.24) is 4.90 Å². The lowest BCUT2D eigenvalue weighted by Crippen LogP contribution is -2.39. The topological polar surface area (TPSA) is 3.24 Å². The van der Waals surface area contributed by atoms with E-state index >= 15 is 0 Å². The number of unbranched alkanes of at least 4 members (excludes halogenated alkanes) is 4. The van der Waals surface area contributed by atoms with Gasteiger partial charge in [-0.05, 0) is 38.8 Å². The fourth-order valence-corrected chi connectivity index (χ4v) is 2.74. The van der Waals surface area contributed by atoms with Gasteiger partial charge in [-0.15, -0.1) is 0 Å². The van der Waals surface area contributed by atoms with E-state index in [1.165, 1.54) is 70.9 Å². The summed E-state index contributed by atoms with van der Waals surface area (Å²) in [6.45, 7) is 7.37.